The van der Waals surface area contributed by atoms with Gasteiger partial charge in [-0.15, -0.1) is 0 Å². The lowest BCUT2D eigenvalue weighted by Crippen LogP contribution is -1.99. The predicted octanol–water partition coefficient (Wildman–Crippen LogP) is 2.41. The molecule has 0 radical (unpaired) electrons. The molecular formula is C13H10FN3O2. The third-order valence-corrected chi connectivity index (χ3v) is 3.04. The first-order valence-electron chi connectivity index (χ1n) is 5.61. The van der Waals surface area contributed by atoms with Gasteiger partial charge < -0.3 is 10.1 Å². The van der Waals surface area contributed by atoms with Crippen molar-refractivity contribution in [2.75, 3.05) is 0 Å². The number of nitrogens with one attached hydrogen (secondary N) is 1. The first-order valence-corrected chi connectivity index (χ1v) is 5.61. The summed E-state index contributed by atoms with van der Waals surface area (Å²) >= 11 is 0. The number of rotatable bonds is 2. The molecule has 0 unspecified atom stereocenters. The van der Waals surface area contributed by atoms with Gasteiger partial charge in [0.05, 0.1) is 5.69 Å². The van der Waals surface area contributed by atoms with Crippen molar-refractivity contribution in [3.63, 3.8) is 0 Å². The Morgan fingerprint density at radius 2 is 2.21 bits per heavy atom. The molecule has 0 spiro atoms. The van der Waals surface area contributed by atoms with E-state index in [1.165, 1.54) is 10.7 Å². The minimum Gasteiger partial charge on any atom is -0.476 e. The van der Waals surface area contributed by atoms with Crippen molar-refractivity contribution in [2.24, 2.45) is 7.05 Å². The second kappa shape index (κ2) is 3.94. The number of aromatic carboxylic acids is 1. The number of carbonyl (C=O) groups is 1. The lowest BCUT2D eigenvalue weighted by atomic mass is 10.1. The van der Waals surface area contributed by atoms with E-state index in [0.29, 0.717) is 22.2 Å². The van der Waals surface area contributed by atoms with Gasteiger partial charge in [-0.2, -0.15) is 5.10 Å². The minimum absolute atomic E-state index is 0.105. The molecule has 0 aliphatic rings. The van der Waals surface area contributed by atoms with Crippen LogP contribution in [0.15, 0.2) is 30.5 Å². The molecule has 5 nitrogen and oxygen atoms in total. The molecule has 3 aromatic rings. The van der Waals surface area contributed by atoms with E-state index in [2.05, 4.69) is 10.1 Å². The number of aromatic amines is 1. The number of hydrogen-bond donors (Lipinski definition) is 2. The highest BCUT2D eigenvalue weighted by Gasteiger charge is 2.17. The van der Waals surface area contributed by atoms with Gasteiger partial charge in [-0.25, -0.2) is 9.18 Å². The number of benzene rings is 1. The van der Waals surface area contributed by atoms with Gasteiger partial charge in [-0.05, 0) is 24.3 Å². The molecule has 2 N–H and O–H groups in total. The Morgan fingerprint density at radius 3 is 2.89 bits per heavy atom. The van der Waals surface area contributed by atoms with Crippen molar-refractivity contribution in [1.29, 1.82) is 0 Å². The van der Waals surface area contributed by atoms with E-state index in [9.17, 15) is 9.18 Å². The summed E-state index contributed by atoms with van der Waals surface area (Å²) in [6.07, 6.45) is 1.66. The van der Waals surface area contributed by atoms with Crippen LogP contribution in [0.25, 0.3) is 22.2 Å². The average molecular weight is 259 g/mol. The van der Waals surface area contributed by atoms with Crippen LogP contribution in [-0.2, 0) is 7.05 Å². The number of carboxylic acids is 1. The quantitative estimate of drug-likeness (QED) is 0.742. The lowest BCUT2D eigenvalue weighted by molar-refractivity contribution is 0.0689. The van der Waals surface area contributed by atoms with E-state index >= 15 is 0 Å². The van der Waals surface area contributed by atoms with Crippen molar-refractivity contribution < 1.29 is 14.3 Å². The number of H-pyrrole nitrogens is 1. The van der Waals surface area contributed by atoms with Gasteiger partial charge in [0, 0.05) is 29.7 Å². The van der Waals surface area contributed by atoms with Gasteiger partial charge >= 0.3 is 5.97 Å². The SMILES string of the molecule is Cn1nc(C(=O)O)cc1-c1ccc2[nH]ccc2c1F. The number of aryl methyl sites for hydroxylation is 1. The van der Waals surface area contributed by atoms with Crippen LogP contribution in [0.2, 0.25) is 0 Å². The highest BCUT2D eigenvalue weighted by atomic mass is 19.1. The maximum atomic E-state index is 14.4. The standard InChI is InChI=1S/C13H10FN3O2/c1-17-11(6-10(16-17)13(18)19)8-2-3-9-7(12(8)14)4-5-15-9/h2-6,15H,1H3,(H,18,19). The zero-order chi connectivity index (χ0) is 13.6. The molecule has 2 aromatic heterocycles. The Kier molecular flexibility index (Phi) is 2.38. The molecule has 0 saturated heterocycles. The Balaban J connectivity index is 2.24. The molecule has 3 rings (SSSR count). The van der Waals surface area contributed by atoms with Crippen molar-refractivity contribution >= 4 is 16.9 Å². The minimum atomic E-state index is -1.13. The summed E-state index contributed by atoms with van der Waals surface area (Å²) in [5, 5.41) is 13.2. The molecule has 0 bridgehead atoms. The molecule has 2 heterocycles. The zero-order valence-corrected chi connectivity index (χ0v) is 10.0. The monoisotopic (exact) mass is 259 g/mol. The highest BCUT2D eigenvalue weighted by molar-refractivity contribution is 5.89. The van der Waals surface area contributed by atoms with Crippen molar-refractivity contribution in [2.45, 2.75) is 0 Å². The summed E-state index contributed by atoms with van der Waals surface area (Å²) < 4.78 is 15.7. The van der Waals surface area contributed by atoms with Crippen molar-refractivity contribution in [1.82, 2.24) is 14.8 Å². The van der Waals surface area contributed by atoms with Crippen LogP contribution < -0.4 is 0 Å². The van der Waals surface area contributed by atoms with E-state index in [4.69, 9.17) is 5.11 Å². The Bertz CT molecular complexity index is 788. The Morgan fingerprint density at radius 1 is 1.42 bits per heavy atom. The average Bonchev–Trinajstić information content (AvgIpc) is 2.97. The molecule has 0 atom stereocenters. The predicted molar refractivity (Wildman–Crippen MR) is 67.4 cm³/mol. The van der Waals surface area contributed by atoms with Crippen LogP contribution in [0, 0.1) is 5.82 Å². The van der Waals surface area contributed by atoms with E-state index in [-0.39, 0.29) is 5.69 Å². The van der Waals surface area contributed by atoms with Crippen molar-refractivity contribution in [3.8, 4) is 11.3 Å². The Hall–Kier alpha value is -2.63. The topological polar surface area (TPSA) is 70.9 Å². The molecule has 0 aliphatic carbocycles. The number of carboxylic acid groups (broad SMARTS) is 1. The maximum Gasteiger partial charge on any atom is 0.356 e. The van der Waals surface area contributed by atoms with Gasteiger partial charge in [0.2, 0.25) is 0 Å². The number of halogens is 1. The number of nitrogens with zero attached hydrogens (tertiary/aromatic N) is 2. The van der Waals surface area contributed by atoms with Crippen molar-refractivity contribution in [3.05, 3.63) is 42.0 Å². The molecule has 6 heteroatoms. The Labute approximate surface area is 107 Å². The summed E-state index contributed by atoms with van der Waals surface area (Å²) in [6.45, 7) is 0. The molecule has 1 aromatic carbocycles. The fourth-order valence-corrected chi connectivity index (χ4v) is 2.12. The smallest absolute Gasteiger partial charge is 0.356 e. The molecule has 0 amide bonds. The number of hydrogen-bond acceptors (Lipinski definition) is 2. The molecule has 0 fully saturated rings. The lowest BCUT2D eigenvalue weighted by Gasteiger charge is -2.04. The van der Waals surface area contributed by atoms with Crippen LogP contribution in [0.4, 0.5) is 4.39 Å². The van der Waals surface area contributed by atoms with Crippen LogP contribution in [0.1, 0.15) is 10.5 Å². The zero-order valence-electron chi connectivity index (χ0n) is 10.0. The molecule has 0 saturated carbocycles. The number of fused-ring (bicyclic) bond motifs is 1. The van der Waals surface area contributed by atoms with Crippen LogP contribution in [0.3, 0.4) is 0 Å². The van der Waals surface area contributed by atoms with Gasteiger partial charge in [-0.1, -0.05) is 0 Å². The number of aromatic nitrogens is 3. The second-order valence-corrected chi connectivity index (χ2v) is 4.21. The van der Waals surface area contributed by atoms with Gasteiger partial charge in [-0.3, -0.25) is 4.68 Å². The van der Waals surface area contributed by atoms with Crippen LogP contribution >= 0.6 is 0 Å². The molecular weight excluding hydrogens is 249 g/mol. The van der Waals surface area contributed by atoms with Crippen LogP contribution in [-0.4, -0.2) is 25.8 Å². The van der Waals surface area contributed by atoms with Gasteiger partial charge in [0.25, 0.3) is 0 Å². The summed E-state index contributed by atoms with van der Waals surface area (Å²) in [7, 11) is 1.59. The van der Waals surface area contributed by atoms with E-state index < -0.39 is 11.8 Å². The molecule has 19 heavy (non-hydrogen) atoms. The fourth-order valence-electron chi connectivity index (χ4n) is 2.12. The third kappa shape index (κ3) is 1.69. The van der Waals surface area contributed by atoms with Gasteiger partial charge in [0.1, 0.15) is 5.82 Å². The first kappa shape index (κ1) is 11.5. The third-order valence-electron chi connectivity index (χ3n) is 3.04. The summed E-state index contributed by atoms with van der Waals surface area (Å²) in [4.78, 5) is 13.8. The second-order valence-electron chi connectivity index (χ2n) is 4.21. The normalized spacial score (nSPS) is 11.1. The van der Waals surface area contributed by atoms with Crippen LogP contribution in [0.5, 0.6) is 0 Å². The summed E-state index contributed by atoms with van der Waals surface area (Å²) in [5.74, 6) is -1.52. The van der Waals surface area contributed by atoms with E-state index in [1.54, 1.807) is 31.4 Å². The summed E-state index contributed by atoms with van der Waals surface area (Å²) in [6, 6.07) is 6.36. The fraction of sp³-hybridized carbons (Fsp3) is 0.0769. The van der Waals surface area contributed by atoms with Gasteiger partial charge in [0.15, 0.2) is 5.69 Å². The molecule has 96 valence electrons. The van der Waals surface area contributed by atoms with E-state index in [0.717, 1.165) is 0 Å². The highest BCUT2D eigenvalue weighted by Crippen LogP contribution is 2.28. The molecule has 0 aliphatic heterocycles. The summed E-state index contributed by atoms with van der Waals surface area (Å²) in [5.41, 5.74) is 1.35. The first-order chi connectivity index (χ1) is 9.08. The maximum absolute atomic E-state index is 14.4. The largest absolute Gasteiger partial charge is 0.476 e. The van der Waals surface area contributed by atoms with E-state index in [1.807, 2.05) is 0 Å².